The van der Waals surface area contributed by atoms with E-state index in [-0.39, 0.29) is 0 Å². The van der Waals surface area contributed by atoms with Crippen molar-refractivity contribution >= 4 is 66.4 Å². The van der Waals surface area contributed by atoms with Crippen LogP contribution in [-0.2, 0) is 0 Å². The molecule has 2 nitrogen and oxygen atoms in total. The summed E-state index contributed by atoms with van der Waals surface area (Å²) < 4.78 is 0. The molecule has 0 N–H and O–H groups in total. The number of benzene rings is 8. The van der Waals surface area contributed by atoms with Gasteiger partial charge in [-0.25, -0.2) is 0 Å². The van der Waals surface area contributed by atoms with Gasteiger partial charge in [-0.3, -0.25) is 0 Å². The fraction of sp³-hybridized carbons (Fsp3) is 0.0455. The number of aryl methyl sites for hydroxylation is 2. The maximum absolute atomic E-state index is 2.37. The summed E-state index contributed by atoms with van der Waals surface area (Å²) in [5, 5.41) is 7.44. The van der Waals surface area contributed by atoms with E-state index in [1.54, 1.807) is 0 Å². The molecule has 0 saturated carbocycles. The van der Waals surface area contributed by atoms with E-state index >= 15 is 0 Å². The quantitative estimate of drug-likeness (QED) is 0.178. The molecule has 46 heavy (non-hydrogen) atoms. The maximum Gasteiger partial charge on any atom is 0.0540 e. The molecule has 0 unspecified atom stereocenters. The van der Waals surface area contributed by atoms with E-state index in [4.69, 9.17) is 0 Å². The van der Waals surface area contributed by atoms with Crippen molar-refractivity contribution in [3.63, 3.8) is 0 Å². The molecular weight excluding hydrogens is 556 g/mol. The molecule has 0 heterocycles. The first kappa shape index (κ1) is 27.7. The van der Waals surface area contributed by atoms with Crippen molar-refractivity contribution < 1.29 is 0 Å². The second-order valence-corrected chi connectivity index (χ2v) is 12.0. The third-order valence-electron chi connectivity index (χ3n) is 8.96. The fourth-order valence-electron chi connectivity index (χ4n) is 6.69. The van der Waals surface area contributed by atoms with Gasteiger partial charge in [0.25, 0.3) is 0 Å². The average molecular weight is 591 g/mol. The summed E-state index contributed by atoms with van der Waals surface area (Å²) in [7, 11) is 0. The molecule has 0 aliphatic rings. The van der Waals surface area contributed by atoms with Crippen LogP contribution >= 0.6 is 0 Å². The minimum Gasteiger partial charge on any atom is -0.310 e. The highest BCUT2D eigenvalue weighted by atomic mass is 15.1. The Kier molecular flexibility index (Phi) is 6.96. The average Bonchev–Trinajstić information content (AvgIpc) is 3.11. The van der Waals surface area contributed by atoms with Crippen molar-refractivity contribution in [2.24, 2.45) is 0 Å². The zero-order chi connectivity index (χ0) is 31.0. The SMILES string of the molecule is Cc1ccc(N(c2ccccc2)c2cccc3c2ccc2c4cccc(N(c5ccccc5)c5ccc(C)cc5)c4ccc32)cc1. The summed E-state index contributed by atoms with van der Waals surface area (Å²) in [6, 6.07) is 61.5. The minimum absolute atomic E-state index is 1.14. The molecule has 0 atom stereocenters. The standard InChI is InChI=1S/C44H34N2/c1-31-19-23-35(24-20-31)45(33-11-5-3-6-12-33)43-17-9-15-37-39-28-30-42-38(40(39)27-29-41(37)43)16-10-18-44(42)46(34-13-7-4-8-14-34)36-25-21-32(2)22-26-36/h3-30H,1-2H3. The first-order valence-electron chi connectivity index (χ1n) is 15.9. The van der Waals surface area contributed by atoms with E-state index in [1.807, 2.05) is 0 Å². The molecule has 0 aromatic heterocycles. The van der Waals surface area contributed by atoms with E-state index in [0.717, 1.165) is 34.1 Å². The van der Waals surface area contributed by atoms with Gasteiger partial charge in [0.1, 0.15) is 0 Å². The van der Waals surface area contributed by atoms with Crippen molar-refractivity contribution in [1.29, 1.82) is 0 Å². The van der Waals surface area contributed by atoms with Crippen LogP contribution < -0.4 is 9.80 Å². The van der Waals surface area contributed by atoms with E-state index in [1.165, 1.54) is 43.4 Å². The molecule has 0 aliphatic carbocycles. The molecule has 0 aliphatic heterocycles. The van der Waals surface area contributed by atoms with Crippen LogP contribution in [0.15, 0.2) is 170 Å². The van der Waals surface area contributed by atoms with Crippen LogP contribution in [0.1, 0.15) is 11.1 Å². The Morgan fingerprint density at radius 3 is 0.978 bits per heavy atom. The molecule has 0 fully saturated rings. The Morgan fingerprint density at radius 2 is 0.587 bits per heavy atom. The van der Waals surface area contributed by atoms with E-state index in [2.05, 4.69) is 194 Å². The van der Waals surface area contributed by atoms with Gasteiger partial charge in [0, 0.05) is 33.5 Å². The van der Waals surface area contributed by atoms with Crippen molar-refractivity contribution in [3.05, 3.63) is 181 Å². The first-order valence-corrected chi connectivity index (χ1v) is 15.9. The zero-order valence-corrected chi connectivity index (χ0v) is 26.1. The predicted octanol–water partition coefficient (Wildman–Crippen LogP) is 12.7. The van der Waals surface area contributed by atoms with Gasteiger partial charge in [0.2, 0.25) is 0 Å². The summed E-state index contributed by atoms with van der Waals surface area (Å²) in [6.45, 7) is 4.27. The summed E-state index contributed by atoms with van der Waals surface area (Å²) in [5.41, 5.74) is 9.39. The molecule has 0 spiro atoms. The summed E-state index contributed by atoms with van der Waals surface area (Å²) in [4.78, 5) is 4.73. The van der Waals surface area contributed by atoms with Gasteiger partial charge in [0.05, 0.1) is 11.4 Å². The smallest absolute Gasteiger partial charge is 0.0540 e. The highest BCUT2D eigenvalue weighted by molar-refractivity contribution is 6.21. The van der Waals surface area contributed by atoms with Gasteiger partial charge in [0.15, 0.2) is 0 Å². The van der Waals surface area contributed by atoms with Gasteiger partial charge < -0.3 is 9.80 Å². The lowest BCUT2D eigenvalue weighted by molar-refractivity contribution is 1.29. The van der Waals surface area contributed by atoms with Gasteiger partial charge in [-0.2, -0.15) is 0 Å². The second-order valence-electron chi connectivity index (χ2n) is 12.0. The van der Waals surface area contributed by atoms with E-state index in [0.29, 0.717) is 0 Å². The molecule has 8 aromatic rings. The van der Waals surface area contributed by atoms with Crippen LogP contribution in [0.25, 0.3) is 32.3 Å². The van der Waals surface area contributed by atoms with Crippen LogP contribution in [0, 0.1) is 13.8 Å². The number of hydrogen-bond acceptors (Lipinski definition) is 2. The summed E-state index contributed by atoms with van der Waals surface area (Å²) in [5.74, 6) is 0. The molecule has 0 saturated heterocycles. The number of para-hydroxylation sites is 2. The topological polar surface area (TPSA) is 6.48 Å². The molecule has 0 amide bonds. The Morgan fingerprint density at radius 1 is 0.261 bits per heavy atom. The van der Waals surface area contributed by atoms with E-state index in [9.17, 15) is 0 Å². The second kappa shape index (κ2) is 11.6. The Labute approximate surface area is 270 Å². The molecular formula is C44H34N2. The van der Waals surface area contributed by atoms with Gasteiger partial charge in [-0.1, -0.05) is 120 Å². The molecule has 0 bridgehead atoms. The largest absolute Gasteiger partial charge is 0.310 e. The van der Waals surface area contributed by atoms with Gasteiger partial charge >= 0.3 is 0 Å². The summed E-state index contributed by atoms with van der Waals surface area (Å²) in [6.07, 6.45) is 0. The Balaban J connectivity index is 1.33. The lowest BCUT2D eigenvalue weighted by Gasteiger charge is -2.28. The van der Waals surface area contributed by atoms with Crippen molar-refractivity contribution in [3.8, 4) is 0 Å². The minimum atomic E-state index is 1.14. The lowest BCUT2D eigenvalue weighted by atomic mass is 9.95. The van der Waals surface area contributed by atoms with Crippen LogP contribution in [0.2, 0.25) is 0 Å². The predicted molar refractivity (Wildman–Crippen MR) is 198 cm³/mol. The Bertz CT molecular complexity index is 2140. The molecule has 2 heteroatoms. The van der Waals surface area contributed by atoms with Crippen molar-refractivity contribution in [1.82, 2.24) is 0 Å². The van der Waals surface area contributed by atoms with Crippen LogP contribution in [-0.4, -0.2) is 0 Å². The third-order valence-corrected chi connectivity index (χ3v) is 8.96. The fourth-order valence-corrected chi connectivity index (χ4v) is 6.69. The monoisotopic (exact) mass is 590 g/mol. The molecule has 8 aromatic carbocycles. The van der Waals surface area contributed by atoms with Crippen LogP contribution in [0.3, 0.4) is 0 Å². The van der Waals surface area contributed by atoms with Gasteiger partial charge in [-0.05, 0) is 96.1 Å². The van der Waals surface area contributed by atoms with Crippen LogP contribution in [0.5, 0.6) is 0 Å². The maximum atomic E-state index is 2.37. The number of fused-ring (bicyclic) bond motifs is 5. The van der Waals surface area contributed by atoms with E-state index < -0.39 is 0 Å². The number of nitrogens with zero attached hydrogens (tertiary/aromatic N) is 2. The van der Waals surface area contributed by atoms with Crippen LogP contribution in [0.4, 0.5) is 34.1 Å². The highest BCUT2D eigenvalue weighted by Gasteiger charge is 2.19. The lowest BCUT2D eigenvalue weighted by Crippen LogP contribution is -2.10. The molecule has 220 valence electrons. The summed E-state index contributed by atoms with van der Waals surface area (Å²) >= 11 is 0. The zero-order valence-electron chi connectivity index (χ0n) is 26.1. The molecule has 0 radical (unpaired) electrons. The third kappa shape index (κ3) is 4.85. The molecule has 8 rings (SSSR count). The number of hydrogen-bond donors (Lipinski definition) is 0. The Hall–Kier alpha value is -5.86. The highest BCUT2D eigenvalue weighted by Crippen LogP contribution is 2.44. The van der Waals surface area contributed by atoms with Gasteiger partial charge in [-0.15, -0.1) is 0 Å². The number of rotatable bonds is 6. The van der Waals surface area contributed by atoms with Crippen molar-refractivity contribution in [2.45, 2.75) is 13.8 Å². The van der Waals surface area contributed by atoms with Crippen molar-refractivity contribution in [2.75, 3.05) is 9.80 Å². The number of anilines is 6. The normalized spacial score (nSPS) is 11.3. The first-order chi connectivity index (χ1) is 22.7.